The van der Waals surface area contributed by atoms with Crippen LogP contribution in [0, 0.1) is 0 Å². The Morgan fingerprint density at radius 3 is 1.55 bits per heavy atom. The molecule has 0 atom stereocenters. The van der Waals surface area contributed by atoms with Crippen LogP contribution in [-0.4, -0.2) is 73.2 Å². The molecule has 0 aromatic heterocycles. The summed E-state index contributed by atoms with van der Waals surface area (Å²) in [5.41, 5.74) is 0. The molecule has 0 aliphatic rings. The molecular formula is C22H46NNaO4S. The van der Waals surface area contributed by atoms with Gasteiger partial charge in [-0.1, -0.05) is 70.4 Å². The molecule has 0 saturated heterocycles. The van der Waals surface area contributed by atoms with Gasteiger partial charge in [0.05, 0.1) is 5.75 Å². The van der Waals surface area contributed by atoms with E-state index in [0.29, 0.717) is 6.42 Å². The minimum atomic E-state index is -3.66. The molecule has 0 saturated carbocycles. The average Bonchev–Trinajstić information content (AvgIpc) is 2.64. The number of hydrogen-bond donors (Lipinski definition) is 1. The van der Waals surface area contributed by atoms with Gasteiger partial charge in [0.2, 0.25) is 5.91 Å². The second-order valence-corrected chi connectivity index (χ2v) is 9.23. The van der Waals surface area contributed by atoms with E-state index in [2.05, 4.69) is 19.1 Å². The zero-order valence-electron chi connectivity index (χ0n) is 18.8. The molecule has 0 aliphatic heterocycles. The van der Waals surface area contributed by atoms with Crippen LogP contribution in [0.5, 0.6) is 0 Å². The van der Waals surface area contributed by atoms with Crippen molar-refractivity contribution in [3.8, 4) is 0 Å². The van der Waals surface area contributed by atoms with Crippen molar-refractivity contribution in [3.63, 3.8) is 0 Å². The van der Waals surface area contributed by atoms with Crippen LogP contribution in [0.25, 0.3) is 0 Å². The fourth-order valence-electron chi connectivity index (χ4n) is 2.57. The summed E-state index contributed by atoms with van der Waals surface area (Å²) in [6.45, 7) is 3.64. The number of hydrogen-bond acceptors (Lipinski definition) is 3. The quantitative estimate of drug-likeness (QED) is 0.151. The molecule has 0 aliphatic carbocycles. The van der Waals surface area contributed by atoms with Crippen molar-refractivity contribution in [1.82, 2.24) is 4.90 Å². The van der Waals surface area contributed by atoms with Crippen molar-refractivity contribution in [2.24, 2.45) is 0 Å². The van der Waals surface area contributed by atoms with E-state index in [1.54, 1.807) is 4.90 Å². The molecule has 0 heterocycles. The Morgan fingerprint density at radius 2 is 1.17 bits per heavy atom. The second kappa shape index (κ2) is 24.4. The topological polar surface area (TPSA) is 74.7 Å². The van der Waals surface area contributed by atoms with E-state index in [-0.39, 0.29) is 41.2 Å². The number of unbranched alkanes of at least 4 members (excludes halogenated alkanes) is 11. The van der Waals surface area contributed by atoms with Crippen LogP contribution in [0.15, 0.2) is 12.2 Å². The van der Waals surface area contributed by atoms with Gasteiger partial charge in [-0.25, -0.2) is 0 Å². The molecule has 0 unspecified atom stereocenters. The van der Waals surface area contributed by atoms with Gasteiger partial charge in [0.25, 0.3) is 10.1 Å². The Hall–Kier alpha value is 0.120. The molecule has 0 radical (unpaired) electrons. The molecule has 5 nitrogen and oxygen atoms in total. The van der Waals surface area contributed by atoms with Crippen LogP contribution in [0.1, 0.15) is 104 Å². The van der Waals surface area contributed by atoms with Crippen molar-refractivity contribution < 1.29 is 17.8 Å². The van der Waals surface area contributed by atoms with Crippen molar-refractivity contribution in [3.05, 3.63) is 12.2 Å². The van der Waals surface area contributed by atoms with E-state index in [1.807, 2.05) is 14.1 Å². The van der Waals surface area contributed by atoms with E-state index < -0.39 is 10.1 Å². The normalized spacial score (nSPS) is 10.9. The Kier molecular flexibility index (Phi) is 28.4. The van der Waals surface area contributed by atoms with Gasteiger partial charge in [0, 0.05) is 20.5 Å². The van der Waals surface area contributed by atoms with Gasteiger partial charge in [-0.15, -0.1) is 0 Å². The molecular weight excluding hydrogens is 397 g/mol. The first-order valence-corrected chi connectivity index (χ1v) is 12.7. The zero-order valence-corrected chi connectivity index (χ0v) is 19.6. The number of rotatable bonds is 16. The molecule has 1 amide bonds. The fraction of sp³-hybridized carbons (Fsp3) is 0.864. The number of amides is 1. The van der Waals surface area contributed by atoms with Gasteiger partial charge in [0.15, 0.2) is 0 Å². The summed E-state index contributed by atoms with van der Waals surface area (Å²) < 4.78 is 26.9. The van der Waals surface area contributed by atoms with Crippen LogP contribution in [0.3, 0.4) is 0 Å². The average molecular weight is 444 g/mol. The molecule has 1 N–H and O–H groups in total. The Morgan fingerprint density at radius 1 is 0.793 bits per heavy atom. The third kappa shape index (κ3) is 33.0. The van der Waals surface area contributed by atoms with Crippen molar-refractivity contribution >= 4 is 45.6 Å². The third-order valence-electron chi connectivity index (χ3n) is 4.52. The van der Waals surface area contributed by atoms with Gasteiger partial charge in [0.1, 0.15) is 0 Å². The van der Waals surface area contributed by atoms with Crippen molar-refractivity contribution in [1.29, 1.82) is 0 Å². The van der Waals surface area contributed by atoms with E-state index in [4.69, 9.17) is 4.55 Å². The molecule has 7 heteroatoms. The molecule has 0 rings (SSSR count). The predicted octanol–water partition coefficient (Wildman–Crippen LogP) is 5.36. The van der Waals surface area contributed by atoms with E-state index in [0.717, 1.165) is 6.42 Å². The Balaban J connectivity index is -0.000000837. The standard InChI is InChI=1S/C20H39NO.C2H6O3S.Na.H/c1-4-5-6-7-8-9-10-11-12-13-14-15-16-17-18-19-20(22)21(2)3;1-2-6(3,4)5;;/h11-12H,4-10,13-19H2,1-3H3;2H2,1H3,(H,3,4,5);;/b12-11-;;;. The first-order chi connectivity index (χ1) is 13.2. The molecule has 0 fully saturated rings. The van der Waals surface area contributed by atoms with Gasteiger partial charge >= 0.3 is 29.6 Å². The van der Waals surface area contributed by atoms with Gasteiger partial charge in [-0.05, 0) is 39.0 Å². The molecule has 170 valence electrons. The SMILES string of the molecule is CCCCCCCC/C=C\CCCCCCCC(=O)N(C)C.CCS(=O)(=O)O.[NaH]. The molecule has 0 spiro atoms. The van der Waals surface area contributed by atoms with Crippen molar-refractivity contribution in [2.45, 2.75) is 104 Å². The summed E-state index contributed by atoms with van der Waals surface area (Å²) in [4.78, 5) is 13.1. The summed E-state index contributed by atoms with van der Waals surface area (Å²) in [5.74, 6) is 0.0603. The molecule has 0 bridgehead atoms. The van der Waals surface area contributed by atoms with E-state index >= 15 is 0 Å². The zero-order chi connectivity index (χ0) is 21.7. The van der Waals surface area contributed by atoms with Crippen LogP contribution >= 0.6 is 0 Å². The van der Waals surface area contributed by atoms with Crippen LogP contribution in [-0.2, 0) is 14.9 Å². The molecule has 0 aromatic carbocycles. The second-order valence-electron chi connectivity index (χ2n) is 7.49. The van der Waals surface area contributed by atoms with E-state index in [9.17, 15) is 13.2 Å². The minimum absolute atomic E-state index is 0. The summed E-state index contributed by atoms with van der Waals surface area (Å²) in [5, 5.41) is 0. The summed E-state index contributed by atoms with van der Waals surface area (Å²) in [6.07, 6.45) is 22.4. The summed E-state index contributed by atoms with van der Waals surface area (Å²) in [7, 11) is 0.00438. The van der Waals surface area contributed by atoms with Gasteiger partial charge in [-0.2, -0.15) is 8.42 Å². The number of carbonyl (C=O) groups is 1. The first kappa shape index (κ1) is 33.8. The Bertz CT molecular complexity index is 479. The third-order valence-corrected chi connectivity index (χ3v) is 5.25. The van der Waals surface area contributed by atoms with E-state index in [1.165, 1.54) is 84.0 Å². The maximum absolute atomic E-state index is 11.4. The number of carbonyl (C=O) groups excluding carboxylic acids is 1. The summed E-state index contributed by atoms with van der Waals surface area (Å²) >= 11 is 0. The van der Waals surface area contributed by atoms with Gasteiger partial charge < -0.3 is 4.90 Å². The summed E-state index contributed by atoms with van der Waals surface area (Å²) in [6, 6.07) is 0. The first-order valence-electron chi connectivity index (χ1n) is 11.0. The predicted molar refractivity (Wildman–Crippen MR) is 127 cm³/mol. The Labute approximate surface area is 203 Å². The van der Waals surface area contributed by atoms with Gasteiger partial charge in [-0.3, -0.25) is 9.35 Å². The van der Waals surface area contributed by atoms with Crippen molar-refractivity contribution in [2.75, 3.05) is 19.8 Å². The molecule has 29 heavy (non-hydrogen) atoms. The molecule has 0 aromatic rings. The van der Waals surface area contributed by atoms with Crippen LogP contribution < -0.4 is 0 Å². The fourth-order valence-corrected chi connectivity index (χ4v) is 2.57. The maximum atomic E-state index is 11.4. The van der Waals surface area contributed by atoms with Crippen LogP contribution in [0.2, 0.25) is 0 Å². The van der Waals surface area contributed by atoms with Crippen LogP contribution in [0.4, 0.5) is 0 Å². The monoisotopic (exact) mass is 443 g/mol. The number of nitrogens with zero attached hydrogens (tertiary/aromatic N) is 1. The number of allylic oxidation sites excluding steroid dienone is 2.